The van der Waals surface area contributed by atoms with E-state index in [-0.39, 0.29) is 5.41 Å². The Hall–Kier alpha value is -0.570. The Morgan fingerprint density at radius 2 is 1.61 bits per heavy atom. The SMILES string of the molecule is CC(C)(C)CC(=O)N1CCN(C2CCCC2)CC1. The molecule has 0 aromatic carbocycles. The molecule has 2 aliphatic rings. The third-order valence-corrected chi connectivity index (χ3v) is 4.19. The molecule has 1 saturated heterocycles. The molecule has 1 heterocycles. The van der Waals surface area contributed by atoms with Gasteiger partial charge in [-0.05, 0) is 18.3 Å². The second-order valence-electron chi connectivity index (χ2n) is 7.09. The van der Waals surface area contributed by atoms with Crippen LogP contribution in [0, 0.1) is 5.41 Å². The van der Waals surface area contributed by atoms with Crippen molar-refractivity contribution in [3.63, 3.8) is 0 Å². The first-order chi connectivity index (χ1) is 8.46. The molecular formula is C15H28N2O. The van der Waals surface area contributed by atoms with Gasteiger partial charge >= 0.3 is 0 Å². The van der Waals surface area contributed by atoms with Crippen molar-refractivity contribution >= 4 is 5.91 Å². The molecule has 1 saturated carbocycles. The van der Waals surface area contributed by atoms with E-state index < -0.39 is 0 Å². The Morgan fingerprint density at radius 3 is 2.11 bits per heavy atom. The fourth-order valence-electron chi connectivity index (χ4n) is 3.17. The summed E-state index contributed by atoms with van der Waals surface area (Å²) in [4.78, 5) is 16.8. The van der Waals surface area contributed by atoms with E-state index in [1.165, 1.54) is 25.7 Å². The smallest absolute Gasteiger partial charge is 0.223 e. The normalized spacial score (nSPS) is 23.6. The van der Waals surface area contributed by atoms with Crippen molar-refractivity contribution in [2.24, 2.45) is 5.41 Å². The predicted molar refractivity (Wildman–Crippen MR) is 74.5 cm³/mol. The van der Waals surface area contributed by atoms with Crippen LogP contribution in [-0.2, 0) is 4.79 Å². The van der Waals surface area contributed by atoms with E-state index in [0.717, 1.165) is 32.2 Å². The van der Waals surface area contributed by atoms with Gasteiger partial charge in [-0.1, -0.05) is 33.6 Å². The van der Waals surface area contributed by atoms with Crippen molar-refractivity contribution in [1.29, 1.82) is 0 Å². The highest BCUT2D eigenvalue weighted by Gasteiger charge is 2.29. The molecule has 2 rings (SSSR count). The molecule has 0 aromatic heterocycles. The minimum absolute atomic E-state index is 0.111. The lowest BCUT2D eigenvalue weighted by molar-refractivity contribution is -0.135. The summed E-state index contributed by atoms with van der Waals surface area (Å²) < 4.78 is 0. The molecule has 0 radical (unpaired) electrons. The highest BCUT2D eigenvalue weighted by Crippen LogP contribution is 2.25. The van der Waals surface area contributed by atoms with Crippen molar-refractivity contribution in [2.45, 2.75) is 58.9 Å². The van der Waals surface area contributed by atoms with Crippen LogP contribution in [0.1, 0.15) is 52.9 Å². The molecule has 0 unspecified atom stereocenters. The van der Waals surface area contributed by atoms with E-state index in [9.17, 15) is 4.79 Å². The molecule has 1 aliphatic heterocycles. The minimum atomic E-state index is 0.111. The molecular weight excluding hydrogens is 224 g/mol. The average Bonchev–Trinajstić information content (AvgIpc) is 2.80. The monoisotopic (exact) mass is 252 g/mol. The van der Waals surface area contributed by atoms with Gasteiger partial charge in [0, 0.05) is 38.6 Å². The Morgan fingerprint density at radius 1 is 1.06 bits per heavy atom. The highest BCUT2D eigenvalue weighted by atomic mass is 16.2. The fourth-order valence-corrected chi connectivity index (χ4v) is 3.17. The van der Waals surface area contributed by atoms with Gasteiger partial charge in [0.2, 0.25) is 5.91 Å². The lowest BCUT2D eigenvalue weighted by atomic mass is 9.91. The number of carbonyl (C=O) groups excluding carboxylic acids is 1. The van der Waals surface area contributed by atoms with Crippen molar-refractivity contribution in [1.82, 2.24) is 9.80 Å². The summed E-state index contributed by atoms with van der Waals surface area (Å²) in [5.74, 6) is 0.341. The number of hydrogen-bond donors (Lipinski definition) is 0. The minimum Gasteiger partial charge on any atom is -0.340 e. The molecule has 1 amide bonds. The summed E-state index contributed by atoms with van der Waals surface area (Å²) in [5, 5.41) is 0. The van der Waals surface area contributed by atoms with Gasteiger partial charge in [-0.3, -0.25) is 9.69 Å². The predicted octanol–water partition coefficient (Wildman–Crippen LogP) is 2.51. The van der Waals surface area contributed by atoms with Gasteiger partial charge in [0.05, 0.1) is 0 Å². The molecule has 0 N–H and O–H groups in total. The standard InChI is InChI=1S/C15H28N2O/c1-15(2,3)12-14(18)17-10-8-16(9-11-17)13-6-4-5-7-13/h13H,4-12H2,1-3H3. The number of piperazine rings is 1. The van der Waals surface area contributed by atoms with Gasteiger partial charge in [-0.2, -0.15) is 0 Å². The van der Waals surface area contributed by atoms with Crippen LogP contribution in [0.5, 0.6) is 0 Å². The third-order valence-electron chi connectivity index (χ3n) is 4.19. The third kappa shape index (κ3) is 3.71. The second-order valence-corrected chi connectivity index (χ2v) is 7.09. The van der Waals surface area contributed by atoms with Crippen LogP contribution in [0.4, 0.5) is 0 Å². The molecule has 104 valence electrons. The molecule has 2 fully saturated rings. The van der Waals surface area contributed by atoms with Crippen LogP contribution in [0.3, 0.4) is 0 Å². The van der Waals surface area contributed by atoms with Crippen LogP contribution in [0.15, 0.2) is 0 Å². The molecule has 0 spiro atoms. The van der Waals surface area contributed by atoms with Crippen molar-refractivity contribution in [2.75, 3.05) is 26.2 Å². The van der Waals surface area contributed by atoms with Crippen LogP contribution in [-0.4, -0.2) is 47.9 Å². The van der Waals surface area contributed by atoms with E-state index in [1.54, 1.807) is 0 Å². The molecule has 1 aliphatic carbocycles. The number of rotatable bonds is 2. The molecule has 18 heavy (non-hydrogen) atoms. The van der Waals surface area contributed by atoms with Gasteiger partial charge in [0.25, 0.3) is 0 Å². The summed E-state index contributed by atoms with van der Waals surface area (Å²) in [5.41, 5.74) is 0.111. The first-order valence-corrected chi connectivity index (χ1v) is 7.47. The fraction of sp³-hybridized carbons (Fsp3) is 0.933. The van der Waals surface area contributed by atoms with Crippen molar-refractivity contribution < 1.29 is 4.79 Å². The van der Waals surface area contributed by atoms with Crippen molar-refractivity contribution in [3.8, 4) is 0 Å². The first kappa shape index (κ1) is 13.9. The van der Waals surface area contributed by atoms with E-state index >= 15 is 0 Å². The quantitative estimate of drug-likeness (QED) is 0.754. The number of hydrogen-bond acceptors (Lipinski definition) is 2. The van der Waals surface area contributed by atoms with Crippen LogP contribution < -0.4 is 0 Å². The van der Waals surface area contributed by atoms with Crippen LogP contribution in [0.25, 0.3) is 0 Å². The Kier molecular flexibility index (Phi) is 4.31. The lowest BCUT2D eigenvalue weighted by Crippen LogP contribution is -2.51. The number of amides is 1. The van der Waals surface area contributed by atoms with Gasteiger partial charge in [-0.25, -0.2) is 0 Å². The van der Waals surface area contributed by atoms with Crippen LogP contribution >= 0.6 is 0 Å². The van der Waals surface area contributed by atoms with E-state index in [4.69, 9.17) is 0 Å². The van der Waals surface area contributed by atoms with E-state index in [0.29, 0.717) is 12.3 Å². The summed E-state index contributed by atoms with van der Waals surface area (Å²) in [6.45, 7) is 10.5. The highest BCUT2D eigenvalue weighted by molar-refractivity contribution is 5.76. The maximum absolute atomic E-state index is 12.1. The zero-order valence-corrected chi connectivity index (χ0v) is 12.2. The number of carbonyl (C=O) groups is 1. The van der Waals surface area contributed by atoms with Gasteiger partial charge in [0.15, 0.2) is 0 Å². The Labute approximate surface area is 112 Å². The first-order valence-electron chi connectivity index (χ1n) is 7.47. The zero-order valence-electron chi connectivity index (χ0n) is 12.2. The summed E-state index contributed by atoms with van der Waals surface area (Å²) >= 11 is 0. The summed E-state index contributed by atoms with van der Waals surface area (Å²) in [7, 11) is 0. The molecule has 0 bridgehead atoms. The van der Waals surface area contributed by atoms with Gasteiger partial charge < -0.3 is 4.90 Å². The second kappa shape index (κ2) is 5.60. The van der Waals surface area contributed by atoms with E-state index in [1.807, 2.05) is 0 Å². The van der Waals surface area contributed by atoms with Gasteiger partial charge in [0.1, 0.15) is 0 Å². The number of nitrogens with zero attached hydrogens (tertiary/aromatic N) is 2. The largest absolute Gasteiger partial charge is 0.340 e. The summed E-state index contributed by atoms with van der Waals surface area (Å²) in [6, 6.07) is 0.810. The topological polar surface area (TPSA) is 23.6 Å². The van der Waals surface area contributed by atoms with Gasteiger partial charge in [-0.15, -0.1) is 0 Å². The van der Waals surface area contributed by atoms with Crippen molar-refractivity contribution in [3.05, 3.63) is 0 Å². The molecule has 3 nitrogen and oxygen atoms in total. The average molecular weight is 252 g/mol. The summed E-state index contributed by atoms with van der Waals surface area (Å²) in [6.07, 6.45) is 6.21. The Bertz CT molecular complexity index is 281. The van der Waals surface area contributed by atoms with Crippen LogP contribution in [0.2, 0.25) is 0 Å². The molecule has 0 atom stereocenters. The van der Waals surface area contributed by atoms with E-state index in [2.05, 4.69) is 30.6 Å². The molecule has 0 aromatic rings. The zero-order chi connectivity index (χ0) is 13.2. The Balaban J connectivity index is 1.77. The molecule has 3 heteroatoms. The lowest BCUT2D eigenvalue weighted by Gasteiger charge is -2.38. The maximum atomic E-state index is 12.1. The maximum Gasteiger partial charge on any atom is 0.223 e.